The van der Waals surface area contributed by atoms with Gasteiger partial charge in [0.15, 0.2) is 5.75 Å². The van der Waals surface area contributed by atoms with Crippen LogP contribution < -0.4 is 13.6 Å². The molecule has 0 aromatic carbocycles. The van der Waals surface area contributed by atoms with E-state index in [2.05, 4.69) is 4.98 Å². The van der Waals surface area contributed by atoms with Crippen molar-refractivity contribution in [2.24, 2.45) is 0 Å². The number of hydrogen-bond acceptors (Lipinski definition) is 5. The van der Waals surface area contributed by atoms with Crippen molar-refractivity contribution in [2.75, 3.05) is 0 Å². The third-order valence-corrected chi connectivity index (χ3v) is 3.37. The summed E-state index contributed by atoms with van der Waals surface area (Å²) in [5, 5.41) is 0. The summed E-state index contributed by atoms with van der Waals surface area (Å²) < 4.78 is 26.4. The molecular formula is C7H6NO4P. The van der Waals surface area contributed by atoms with E-state index in [1.54, 1.807) is 0 Å². The van der Waals surface area contributed by atoms with E-state index in [1.165, 1.54) is 0 Å². The fourth-order valence-corrected chi connectivity index (χ4v) is 2.63. The zero-order chi connectivity index (χ0) is 9.22. The highest BCUT2D eigenvalue weighted by atomic mass is 31.2. The van der Waals surface area contributed by atoms with E-state index in [0.717, 1.165) is 11.3 Å². The van der Waals surface area contributed by atoms with Crippen molar-refractivity contribution in [1.82, 2.24) is 4.98 Å². The molecule has 0 aliphatic carbocycles. The molecule has 3 rings (SSSR count). The van der Waals surface area contributed by atoms with Crippen LogP contribution in [-0.4, -0.2) is 4.98 Å². The van der Waals surface area contributed by atoms with Gasteiger partial charge >= 0.3 is 7.82 Å². The van der Waals surface area contributed by atoms with Gasteiger partial charge in [0.25, 0.3) is 5.88 Å². The summed E-state index contributed by atoms with van der Waals surface area (Å²) in [6, 6.07) is 0. The molecule has 0 spiro atoms. The van der Waals surface area contributed by atoms with Gasteiger partial charge in [-0.05, 0) is 13.8 Å². The van der Waals surface area contributed by atoms with Gasteiger partial charge in [0.1, 0.15) is 0 Å². The van der Waals surface area contributed by atoms with Crippen LogP contribution >= 0.6 is 7.82 Å². The Balaban J connectivity index is 2.39. The van der Waals surface area contributed by atoms with Crippen LogP contribution in [0.15, 0.2) is 0 Å². The van der Waals surface area contributed by atoms with Crippen LogP contribution in [0.4, 0.5) is 0 Å². The van der Waals surface area contributed by atoms with Crippen molar-refractivity contribution in [3.05, 3.63) is 11.3 Å². The van der Waals surface area contributed by atoms with E-state index < -0.39 is 7.82 Å². The molecule has 1 aromatic rings. The molecule has 0 N–H and O–H groups in total. The third kappa shape index (κ3) is 0.728. The molecule has 68 valence electrons. The van der Waals surface area contributed by atoms with Crippen LogP contribution in [-0.2, 0) is 4.57 Å². The molecule has 0 radical (unpaired) electrons. The van der Waals surface area contributed by atoms with Gasteiger partial charge < -0.3 is 13.6 Å². The summed E-state index contributed by atoms with van der Waals surface area (Å²) in [6.45, 7) is 3.68. The van der Waals surface area contributed by atoms with Gasteiger partial charge in [-0.3, -0.25) is 0 Å². The molecule has 1 unspecified atom stereocenters. The summed E-state index contributed by atoms with van der Waals surface area (Å²) >= 11 is 0. The fourth-order valence-electron chi connectivity index (χ4n) is 1.36. The van der Waals surface area contributed by atoms with Crippen molar-refractivity contribution in [2.45, 2.75) is 13.8 Å². The van der Waals surface area contributed by atoms with Crippen LogP contribution in [0.25, 0.3) is 0 Å². The molecule has 1 atom stereocenters. The van der Waals surface area contributed by atoms with Gasteiger partial charge in [0.05, 0.1) is 0 Å². The quantitative estimate of drug-likeness (QED) is 0.598. The number of fused-ring (bicyclic) bond motifs is 1. The van der Waals surface area contributed by atoms with E-state index in [4.69, 9.17) is 13.6 Å². The first-order valence-corrected chi connectivity index (χ1v) is 5.25. The maximum absolute atomic E-state index is 11.5. The van der Waals surface area contributed by atoms with Crippen molar-refractivity contribution < 1.29 is 18.1 Å². The van der Waals surface area contributed by atoms with Crippen molar-refractivity contribution in [3.63, 3.8) is 0 Å². The van der Waals surface area contributed by atoms with Gasteiger partial charge in [-0.25, -0.2) is 4.98 Å². The Hall–Kier alpha value is -1.22. The lowest BCUT2D eigenvalue weighted by atomic mass is 10.2. The Kier molecular flexibility index (Phi) is 1.01. The Morgan fingerprint density at radius 1 is 1.15 bits per heavy atom. The molecule has 1 aromatic heterocycles. The van der Waals surface area contributed by atoms with Gasteiger partial charge in [-0.15, -0.1) is 0 Å². The second-order valence-electron chi connectivity index (χ2n) is 3.01. The first kappa shape index (κ1) is 7.21. The molecule has 0 amide bonds. The topological polar surface area (TPSA) is 57.7 Å². The molecule has 2 bridgehead atoms. The van der Waals surface area contributed by atoms with Gasteiger partial charge in [-0.1, -0.05) is 0 Å². The van der Waals surface area contributed by atoms with Crippen LogP contribution in [0.3, 0.4) is 0 Å². The molecule has 2 aliphatic heterocycles. The maximum atomic E-state index is 11.5. The predicted octanol–water partition coefficient (Wildman–Crippen LogP) is 1.97. The highest BCUT2D eigenvalue weighted by Gasteiger charge is 2.52. The summed E-state index contributed by atoms with van der Waals surface area (Å²) in [7, 11) is -3.36. The van der Waals surface area contributed by atoms with Crippen LogP contribution in [0, 0.1) is 13.8 Å². The third-order valence-electron chi connectivity index (χ3n) is 2.16. The molecule has 0 saturated carbocycles. The molecule has 0 fully saturated rings. The molecule has 13 heavy (non-hydrogen) atoms. The Bertz CT molecular complexity index is 464. The standard InChI is InChI=1S/C7H6NO4P/c1-3-4(2)8-7-6-5(3)10-13(9,11-6)12-7/h1-2H3. The van der Waals surface area contributed by atoms with E-state index >= 15 is 0 Å². The van der Waals surface area contributed by atoms with Crippen LogP contribution in [0.2, 0.25) is 0 Å². The summed E-state index contributed by atoms with van der Waals surface area (Å²) in [5.74, 6) is 1.18. The number of hydrogen-bond donors (Lipinski definition) is 0. The average Bonchev–Trinajstić information content (AvgIpc) is 2.53. The van der Waals surface area contributed by atoms with Gasteiger partial charge in [0, 0.05) is 11.3 Å². The number of phosphoric ester groups is 1. The average molecular weight is 199 g/mol. The molecule has 2 aliphatic rings. The van der Waals surface area contributed by atoms with Crippen molar-refractivity contribution >= 4 is 7.82 Å². The molecule has 6 heteroatoms. The number of aromatic nitrogens is 1. The van der Waals surface area contributed by atoms with Crippen LogP contribution in [0.5, 0.6) is 17.4 Å². The van der Waals surface area contributed by atoms with Crippen LogP contribution in [0.1, 0.15) is 11.3 Å². The van der Waals surface area contributed by atoms with E-state index in [1.807, 2.05) is 13.8 Å². The number of aryl methyl sites for hydroxylation is 1. The molecular weight excluding hydrogens is 193 g/mol. The molecule has 0 saturated heterocycles. The molecule has 5 nitrogen and oxygen atoms in total. The SMILES string of the molecule is Cc1nc2c3c(c1C)OP(=O)(O2)O3. The Morgan fingerprint density at radius 3 is 2.54 bits per heavy atom. The number of nitrogens with zero attached hydrogens (tertiary/aromatic N) is 1. The zero-order valence-corrected chi connectivity index (χ0v) is 7.92. The summed E-state index contributed by atoms with van der Waals surface area (Å²) in [4.78, 5) is 4.09. The second-order valence-corrected chi connectivity index (χ2v) is 4.45. The number of pyridine rings is 1. The Morgan fingerprint density at radius 2 is 1.85 bits per heavy atom. The van der Waals surface area contributed by atoms with Crippen molar-refractivity contribution in [1.29, 1.82) is 0 Å². The van der Waals surface area contributed by atoms with E-state index in [9.17, 15) is 4.57 Å². The second kappa shape index (κ2) is 1.82. The minimum atomic E-state index is -3.36. The van der Waals surface area contributed by atoms with Gasteiger partial charge in [-0.2, -0.15) is 4.57 Å². The Labute approximate surface area is 74.3 Å². The first-order valence-electron chi connectivity index (χ1n) is 3.79. The van der Waals surface area contributed by atoms with Crippen molar-refractivity contribution in [3.8, 4) is 17.4 Å². The normalized spacial score (nSPS) is 26.6. The highest BCUT2D eigenvalue weighted by Crippen LogP contribution is 2.68. The first-order chi connectivity index (χ1) is 6.09. The summed E-state index contributed by atoms with van der Waals surface area (Å²) in [6.07, 6.45) is 0. The predicted molar refractivity (Wildman–Crippen MR) is 43.2 cm³/mol. The smallest absolute Gasteiger partial charge is 0.381 e. The maximum Gasteiger partial charge on any atom is 0.648 e. The largest absolute Gasteiger partial charge is 0.648 e. The number of rotatable bonds is 0. The minimum Gasteiger partial charge on any atom is -0.381 e. The lowest BCUT2D eigenvalue weighted by Crippen LogP contribution is -2.01. The zero-order valence-electron chi connectivity index (χ0n) is 7.03. The highest BCUT2D eigenvalue weighted by molar-refractivity contribution is 7.50. The monoisotopic (exact) mass is 199 g/mol. The van der Waals surface area contributed by atoms with E-state index in [0.29, 0.717) is 11.5 Å². The number of phosphoric acid groups is 1. The lowest BCUT2D eigenvalue weighted by Gasteiger charge is -2.11. The lowest BCUT2D eigenvalue weighted by molar-refractivity contribution is 0.348. The summed E-state index contributed by atoms with van der Waals surface area (Å²) in [5.41, 5.74) is 1.64. The van der Waals surface area contributed by atoms with Gasteiger partial charge in [0.2, 0.25) is 5.75 Å². The van der Waals surface area contributed by atoms with E-state index in [-0.39, 0.29) is 5.88 Å². The fraction of sp³-hybridized carbons (Fsp3) is 0.286. The molecule has 3 heterocycles. The minimum absolute atomic E-state index is 0.285.